The fourth-order valence-electron chi connectivity index (χ4n) is 1.14. The van der Waals surface area contributed by atoms with Crippen LogP contribution < -0.4 is 5.32 Å². The van der Waals surface area contributed by atoms with Crippen LogP contribution in [0.2, 0.25) is 0 Å². The van der Waals surface area contributed by atoms with E-state index in [4.69, 9.17) is 0 Å². The van der Waals surface area contributed by atoms with E-state index >= 15 is 0 Å². The molecular formula is C10H17NO. The van der Waals surface area contributed by atoms with Crippen molar-refractivity contribution in [1.29, 1.82) is 0 Å². The van der Waals surface area contributed by atoms with Crippen LogP contribution in [-0.2, 0) is 4.79 Å². The second-order valence-corrected chi connectivity index (χ2v) is 3.46. The van der Waals surface area contributed by atoms with Crippen LogP contribution >= 0.6 is 0 Å². The van der Waals surface area contributed by atoms with Crippen LogP contribution in [0.25, 0.3) is 0 Å². The Balaban J connectivity index is 4.02. The van der Waals surface area contributed by atoms with E-state index < -0.39 is 0 Å². The molecule has 0 aromatic carbocycles. The monoisotopic (exact) mass is 167 g/mol. The first-order chi connectivity index (χ1) is 5.52. The second-order valence-electron chi connectivity index (χ2n) is 3.46. The van der Waals surface area contributed by atoms with Gasteiger partial charge in [-0.3, -0.25) is 4.79 Å². The number of carbonyl (C=O) groups is 1. The van der Waals surface area contributed by atoms with Gasteiger partial charge in [0.25, 0.3) is 5.91 Å². The van der Waals surface area contributed by atoms with Crippen LogP contribution in [0.3, 0.4) is 0 Å². The first kappa shape index (κ1) is 11.0. The zero-order chi connectivity index (χ0) is 9.61. The highest BCUT2D eigenvalue weighted by molar-refractivity contribution is 5.93. The molecule has 0 aliphatic carbocycles. The molecule has 0 rings (SSSR count). The van der Waals surface area contributed by atoms with Gasteiger partial charge in [-0.15, -0.1) is 0 Å². The van der Waals surface area contributed by atoms with Crippen molar-refractivity contribution in [3.8, 4) is 11.8 Å². The first-order valence-electron chi connectivity index (χ1n) is 4.26. The summed E-state index contributed by atoms with van der Waals surface area (Å²) in [5, 5.41) is 2.85. The van der Waals surface area contributed by atoms with Gasteiger partial charge in [0.05, 0.1) is 0 Å². The van der Waals surface area contributed by atoms with Gasteiger partial charge in [-0.2, -0.15) is 0 Å². The molecule has 1 amide bonds. The molecule has 0 spiro atoms. The normalized spacial score (nSPS) is 10.0. The third kappa shape index (κ3) is 4.79. The minimum absolute atomic E-state index is 0.129. The Morgan fingerprint density at radius 1 is 1.50 bits per heavy atom. The van der Waals surface area contributed by atoms with Crippen molar-refractivity contribution in [2.45, 2.75) is 46.1 Å². The number of amides is 1. The lowest BCUT2D eigenvalue weighted by Crippen LogP contribution is -2.42. The maximum atomic E-state index is 11.0. The van der Waals surface area contributed by atoms with Crippen molar-refractivity contribution in [2.24, 2.45) is 0 Å². The number of carbonyl (C=O) groups excluding carboxylic acids is 1. The van der Waals surface area contributed by atoms with E-state index in [1.165, 1.54) is 0 Å². The SMILES string of the molecule is CC#CC(=O)NC(C)(C)CCC. The number of hydrogen-bond donors (Lipinski definition) is 1. The molecule has 0 heterocycles. The molecular weight excluding hydrogens is 150 g/mol. The Morgan fingerprint density at radius 2 is 2.08 bits per heavy atom. The van der Waals surface area contributed by atoms with Crippen molar-refractivity contribution in [1.82, 2.24) is 5.32 Å². The fourth-order valence-corrected chi connectivity index (χ4v) is 1.14. The number of nitrogens with one attached hydrogen (secondary N) is 1. The predicted octanol–water partition coefficient (Wildman–Crippen LogP) is 1.70. The summed E-state index contributed by atoms with van der Waals surface area (Å²) in [6.45, 7) is 7.77. The van der Waals surface area contributed by atoms with Crippen LogP contribution in [-0.4, -0.2) is 11.4 Å². The van der Waals surface area contributed by atoms with Crippen molar-refractivity contribution in [3.05, 3.63) is 0 Å². The summed E-state index contributed by atoms with van der Waals surface area (Å²) in [5.41, 5.74) is -0.129. The largest absolute Gasteiger partial charge is 0.340 e. The molecule has 2 heteroatoms. The lowest BCUT2D eigenvalue weighted by Gasteiger charge is -2.24. The molecule has 0 aromatic heterocycles. The van der Waals surface area contributed by atoms with Gasteiger partial charge in [0, 0.05) is 5.54 Å². The van der Waals surface area contributed by atoms with Crippen LogP contribution in [0.5, 0.6) is 0 Å². The van der Waals surface area contributed by atoms with Crippen molar-refractivity contribution in [2.75, 3.05) is 0 Å². The molecule has 0 atom stereocenters. The highest BCUT2D eigenvalue weighted by Gasteiger charge is 2.17. The third-order valence-electron chi connectivity index (χ3n) is 1.57. The Morgan fingerprint density at radius 3 is 2.50 bits per heavy atom. The molecule has 0 unspecified atom stereocenters. The topological polar surface area (TPSA) is 29.1 Å². The summed E-state index contributed by atoms with van der Waals surface area (Å²) in [7, 11) is 0. The zero-order valence-corrected chi connectivity index (χ0v) is 8.32. The van der Waals surface area contributed by atoms with Crippen molar-refractivity contribution in [3.63, 3.8) is 0 Å². The Bertz CT molecular complexity index is 208. The Kier molecular flexibility index (Phi) is 4.43. The van der Waals surface area contributed by atoms with Gasteiger partial charge in [0.2, 0.25) is 0 Å². The third-order valence-corrected chi connectivity index (χ3v) is 1.57. The second kappa shape index (κ2) is 4.82. The molecule has 0 saturated carbocycles. The van der Waals surface area contributed by atoms with E-state index in [9.17, 15) is 4.79 Å². The lowest BCUT2D eigenvalue weighted by atomic mass is 9.99. The minimum Gasteiger partial charge on any atom is -0.340 e. The molecule has 2 nitrogen and oxygen atoms in total. The molecule has 12 heavy (non-hydrogen) atoms. The van der Waals surface area contributed by atoms with Crippen LogP contribution in [0, 0.1) is 11.8 Å². The average molecular weight is 167 g/mol. The molecule has 0 radical (unpaired) electrons. The summed E-state index contributed by atoms with van der Waals surface area (Å²) >= 11 is 0. The summed E-state index contributed by atoms with van der Waals surface area (Å²) in [6, 6.07) is 0. The molecule has 0 fully saturated rings. The van der Waals surface area contributed by atoms with Gasteiger partial charge in [-0.1, -0.05) is 19.3 Å². The van der Waals surface area contributed by atoms with Gasteiger partial charge < -0.3 is 5.32 Å². The molecule has 0 saturated heterocycles. The van der Waals surface area contributed by atoms with E-state index in [0.29, 0.717) is 0 Å². The van der Waals surface area contributed by atoms with Gasteiger partial charge in [-0.05, 0) is 33.1 Å². The van der Waals surface area contributed by atoms with Gasteiger partial charge >= 0.3 is 0 Å². The van der Waals surface area contributed by atoms with Crippen LogP contribution in [0.15, 0.2) is 0 Å². The molecule has 0 aromatic rings. The van der Waals surface area contributed by atoms with Crippen LogP contribution in [0.4, 0.5) is 0 Å². The molecule has 0 aliphatic rings. The fraction of sp³-hybridized carbons (Fsp3) is 0.700. The highest BCUT2D eigenvalue weighted by Crippen LogP contribution is 2.09. The molecule has 1 N–H and O–H groups in total. The van der Waals surface area contributed by atoms with Gasteiger partial charge in [0.1, 0.15) is 0 Å². The van der Waals surface area contributed by atoms with Crippen LogP contribution in [0.1, 0.15) is 40.5 Å². The average Bonchev–Trinajstić information content (AvgIpc) is 1.85. The van der Waals surface area contributed by atoms with E-state index in [1.54, 1.807) is 6.92 Å². The summed E-state index contributed by atoms with van der Waals surface area (Å²) in [5.74, 6) is 4.85. The minimum atomic E-state index is -0.184. The van der Waals surface area contributed by atoms with Gasteiger partial charge in [0.15, 0.2) is 0 Å². The lowest BCUT2D eigenvalue weighted by molar-refractivity contribution is -0.117. The quantitative estimate of drug-likeness (QED) is 0.637. The van der Waals surface area contributed by atoms with E-state index in [-0.39, 0.29) is 11.4 Å². The number of rotatable bonds is 3. The molecule has 0 bridgehead atoms. The van der Waals surface area contributed by atoms with E-state index in [1.807, 2.05) is 13.8 Å². The first-order valence-corrected chi connectivity index (χ1v) is 4.26. The molecule has 68 valence electrons. The van der Waals surface area contributed by atoms with Gasteiger partial charge in [-0.25, -0.2) is 0 Å². The predicted molar refractivity (Wildman–Crippen MR) is 50.6 cm³/mol. The Hall–Kier alpha value is -0.970. The van der Waals surface area contributed by atoms with Crippen molar-refractivity contribution >= 4 is 5.91 Å². The number of hydrogen-bond acceptors (Lipinski definition) is 1. The zero-order valence-electron chi connectivity index (χ0n) is 8.32. The maximum absolute atomic E-state index is 11.0. The standard InChI is InChI=1S/C10H17NO/c1-5-7-9(12)11-10(3,4)8-6-2/h6,8H2,1-4H3,(H,11,12). The Labute approximate surface area is 74.7 Å². The van der Waals surface area contributed by atoms with E-state index in [2.05, 4.69) is 24.1 Å². The maximum Gasteiger partial charge on any atom is 0.296 e. The molecule has 0 aliphatic heterocycles. The summed E-state index contributed by atoms with van der Waals surface area (Å²) < 4.78 is 0. The van der Waals surface area contributed by atoms with E-state index in [0.717, 1.165) is 12.8 Å². The van der Waals surface area contributed by atoms with Crippen molar-refractivity contribution < 1.29 is 4.79 Å². The highest BCUT2D eigenvalue weighted by atomic mass is 16.1. The summed E-state index contributed by atoms with van der Waals surface area (Å²) in [6.07, 6.45) is 2.04. The smallest absolute Gasteiger partial charge is 0.296 e. The summed E-state index contributed by atoms with van der Waals surface area (Å²) in [4.78, 5) is 11.0.